The van der Waals surface area contributed by atoms with Crippen LogP contribution in [0, 0.1) is 0 Å². The largest absolute Gasteiger partial charge is 0.447 e. The quantitative estimate of drug-likeness (QED) is 0.470. The second-order valence-corrected chi connectivity index (χ2v) is 1.68. The van der Waals surface area contributed by atoms with Gasteiger partial charge in [-0.15, -0.1) is 0 Å². The third-order valence-corrected chi connectivity index (χ3v) is 1.18. The van der Waals surface area contributed by atoms with Crippen LogP contribution in [0.25, 0.3) is 0 Å². The molecular formula is C4H6FNO2. The predicted molar refractivity (Wildman–Crippen MR) is 23.8 cm³/mol. The van der Waals surface area contributed by atoms with E-state index >= 15 is 0 Å². The minimum absolute atomic E-state index is 0.628. The maximum Gasteiger partial charge on any atom is 0.447 e. The molecule has 0 aromatic carbocycles. The summed E-state index contributed by atoms with van der Waals surface area (Å²) in [5, 5.41) is 0. The molecule has 1 saturated heterocycles. The third-order valence-electron chi connectivity index (χ3n) is 1.18. The number of carbonyl (C=O) groups excluding carboxylic acids is 1. The molecule has 1 aliphatic rings. The Balaban J connectivity index is 2.24. The molecule has 4 heteroatoms. The lowest BCUT2D eigenvalue weighted by Crippen LogP contribution is -2.41. The molecule has 0 aromatic heterocycles. The van der Waals surface area contributed by atoms with Crippen LogP contribution in [0.5, 0.6) is 0 Å². The van der Waals surface area contributed by atoms with E-state index in [2.05, 4.69) is 4.94 Å². The maximum atomic E-state index is 11.0. The molecule has 46 valence electrons. The first kappa shape index (κ1) is 5.34. The fourth-order valence-electron chi connectivity index (χ4n) is 0.548. The van der Waals surface area contributed by atoms with E-state index in [1.165, 1.54) is 4.90 Å². The van der Waals surface area contributed by atoms with E-state index in [4.69, 9.17) is 0 Å². The second kappa shape index (κ2) is 1.98. The number of hydrogen-bond donors (Lipinski definition) is 0. The summed E-state index contributed by atoms with van der Waals surface area (Å²) in [6.07, 6.45) is 0.0889. The highest BCUT2D eigenvalue weighted by molar-refractivity contribution is 5.67. The van der Waals surface area contributed by atoms with Gasteiger partial charge in [-0.2, -0.15) is 0 Å². The Hall–Kier alpha value is -0.800. The van der Waals surface area contributed by atoms with Gasteiger partial charge in [0.25, 0.3) is 0 Å². The van der Waals surface area contributed by atoms with Crippen LogP contribution in [-0.2, 0) is 4.94 Å². The van der Waals surface area contributed by atoms with Gasteiger partial charge in [0.1, 0.15) is 0 Å². The van der Waals surface area contributed by atoms with Crippen LogP contribution in [0.3, 0.4) is 0 Å². The smallest absolute Gasteiger partial charge is 0.306 e. The first-order chi connectivity index (χ1) is 3.84. The third kappa shape index (κ3) is 0.731. The van der Waals surface area contributed by atoms with Gasteiger partial charge in [0.15, 0.2) is 0 Å². The van der Waals surface area contributed by atoms with E-state index < -0.39 is 6.09 Å². The molecule has 0 saturated carbocycles. The van der Waals surface area contributed by atoms with Crippen LogP contribution in [-0.4, -0.2) is 24.1 Å². The Morgan fingerprint density at radius 1 is 1.62 bits per heavy atom. The van der Waals surface area contributed by atoms with E-state index in [1.807, 2.05) is 0 Å². The number of amides is 1. The molecule has 3 nitrogen and oxygen atoms in total. The summed E-state index contributed by atoms with van der Waals surface area (Å²) in [5.41, 5.74) is 0. The first-order valence-electron chi connectivity index (χ1n) is 2.42. The van der Waals surface area contributed by atoms with Crippen molar-refractivity contribution in [2.75, 3.05) is 13.1 Å². The highest BCUT2D eigenvalue weighted by Gasteiger charge is 2.21. The lowest BCUT2D eigenvalue weighted by molar-refractivity contribution is -0.0856. The zero-order valence-electron chi connectivity index (χ0n) is 4.26. The van der Waals surface area contributed by atoms with Crippen molar-refractivity contribution >= 4 is 6.09 Å². The average Bonchev–Trinajstić information content (AvgIpc) is 1.62. The molecule has 1 aliphatic heterocycles. The SMILES string of the molecule is O=C(OF)N1CCC1. The van der Waals surface area contributed by atoms with Crippen molar-refractivity contribution in [3.63, 3.8) is 0 Å². The monoisotopic (exact) mass is 119 g/mol. The Morgan fingerprint density at radius 2 is 2.25 bits per heavy atom. The summed E-state index contributed by atoms with van der Waals surface area (Å²) < 4.78 is 11.0. The van der Waals surface area contributed by atoms with E-state index in [9.17, 15) is 9.32 Å². The van der Waals surface area contributed by atoms with Crippen molar-refractivity contribution in [1.82, 2.24) is 4.90 Å². The van der Waals surface area contributed by atoms with E-state index in [0.29, 0.717) is 13.1 Å². The number of likely N-dealkylation sites (tertiary alicyclic amines) is 1. The highest BCUT2D eigenvalue weighted by Crippen LogP contribution is 2.06. The molecule has 8 heavy (non-hydrogen) atoms. The number of nitrogens with zero attached hydrogens (tertiary/aromatic N) is 1. The minimum Gasteiger partial charge on any atom is -0.306 e. The van der Waals surface area contributed by atoms with Gasteiger partial charge < -0.3 is 4.90 Å². The number of rotatable bonds is 0. The lowest BCUT2D eigenvalue weighted by atomic mass is 10.2. The number of halogens is 1. The molecule has 0 radical (unpaired) electrons. The van der Waals surface area contributed by atoms with Crippen LogP contribution in [0.15, 0.2) is 0 Å². The molecule has 1 amide bonds. The summed E-state index contributed by atoms with van der Waals surface area (Å²) >= 11 is 0. The lowest BCUT2D eigenvalue weighted by Gasteiger charge is -2.27. The Bertz CT molecular complexity index is 102. The van der Waals surface area contributed by atoms with E-state index in [-0.39, 0.29) is 0 Å². The van der Waals surface area contributed by atoms with Crippen molar-refractivity contribution in [3.05, 3.63) is 0 Å². The van der Waals surface area contributed by atoms with Crippen LogP contribution < -0.4 is 0 Å². The Labute approximate surface area is 45.9 Å². The van der Waals surface area contributed by atoms with Gasteiger partial charge in [-0.05, 0) is 6.42 Å². The van der Waals surface area contributed by atoms with Crippen molar-refractivity contribution < 1.29 is 14.3 Å². The van der Waals surface area contributed by atoms with Gasteiger partial charge in [0.2, 0.25) is 0 Å². The Kier molecular flexibility index (Phi) is 1.32. The summed E-state index contributed by atoms with van der Waals surface area (Å²) in [6, 6.07) is 0. The van der Waals surface area contributed by atoms with Gasteiger partial charge in [0, 0.05) is 17.6 Å². The molecule has 0 bridgehead atoms. The van der Waals surface area contributed by atoms with Gasteiger partial charge in [-0.25, -0.2) is 9.74 Å². The van der Waals surface area contributed by atoms with Gasteiger partial charge in [-0.3, -0.25) is 0 Å². The van der Waals surface area contributed by atoms with Gasteiger partial charge >= 0.3 is 6.09 Å². The number of hydrogen-bond acceptors (Lipinski definition) is 2. The first-order valence-corrected chi connectivity index (χ1v) is 2.42. The minimum atomic E-state index is -0.865. The van der Waals surface area contributed by atoms with Crippen LogP contribution >= 0.6 is 0 Å². The molecule has 1 heterocycles. The average molecular weight is 119 g/mol. The fraction of sp³-hybridized carbons (Fsp3) is 0.750. The van der Waals surface area contributed by atoms with Crippen LogP contribution in [0.1, 0.15) is 6.42 Å². The van der Waals surface area contributed by atoms with Crippen molar-refractivity contribution in [1.29, 1.82) is 0 Å². The van der Waals surface area contributed by atoms with Crippen LogP contribution in [0.4, 0.5) is 9.32 Å². The molecule has 0 atom stereocenters. The molecular weight excluding hydrogens is 113 g/mol. The molecule has 0 unspecified atom stereocenters. The van der Waals surface area contributed by atoms with E-state index in [0.717, 1.165) is 6.42 Å². The van der Waals surface area contributed by atoms with Crippen molar-refractivity contribution in [2.24, 2.45) is 0 Å². The molecule has 0 aromatic rings. The number of carbonyl (C=O) groups is 1. The topological polar surface area (TPSA) is 29.5 Å². The second-order valence-electron chi connectivity index (χ2n) is 1.68. The van der Waals surface area contributed by atoms with Crippen molar-refractivity contribution in [2.45, 2.75) is 6.42 Å². The van der Waals surface area contributed by atoms with Gasteiger partial charge in [0.05, 0.1) is 0 Å². The Morgan fingerprint density at radius 3 is 2.38 bits per heavy atom. The van der Waals surface area contributed by atoms with Gasteiger partial charge in [-0.1, -0.05) is 0 Å². The van der Waals surface area contributed by atoms with Crippen molar-refractivity contribution in [3.8, 4) is 0 Å². The highest BCUT2D eigenvalue weighted by atomic mass is 19.3. The predicted octanol–water partition coefficient (Wildman–Crippen LogP) is 0.713. The molecule has 1 rings (SSSR count). The van der Waals surface area contributed by atoms with E-state index in [1.54, 1.807) is 0 Å². The summed E-state index contributed by atoms with van der Waals surface area (Å²) in [5.74, 6) is 0. The molecule has 0 aliphatic carbocycles. The fourth-order valence-corrected chi connectivity index (χ4v) is 0.548. The molecule has 1 fully saturated rings. The molecule has 0 spiro atoms. The zero-order chi connectivity index (χ0) is 5.98. The molecule has 0 N–H and O–H groups in total. The zero-order valence-corrected chi connectivity index (χ0v) is 4.26. The summed E-state index contributed by atoms with van der Waals surface area (Å²) in [4.78, 5) is 14.4. The summed E-state index contributed by atoms with van der Waals surface area (Å²) in [6.45, 7) is 1.26. The standard InChI is InChI=1S/C4H6FNO2/c5-8-4(7)6-2-1-3-6/h1-3H2. The summed E-state index contributed by atoms with van der Waals surface area (Å²) in [7, 11) is 0. The normalized spacial score (nSPS) is 17.4. The van der Waals surface area contributed by atoms with Crippen LogP contribution in [0.2, 0.25) is 0 Å². The maximum absolute atomic E-state index is 11.0.